The molecule has 13 heavy (non-hydrogen) atoms. The minimum atomic E-state index is -0.715. The summed E-state index contributed by atoms with van der Waals surface area (Å²) in [5.74, 6) is 0.763. The highest BCUT2D eigenvalue weighted by molar-refractivity contribution is 5.02. The maximum atomic E-state index is 8.98. The Morgan fingerprint density at radius 3 is 3.00 bits per heavy atom. The second kappa shape index (κ2) is 4.96. The summed E-state index contributed by atoms with van der Waals surface area (Å²) in [4.78, 5) is 0. The molecule has 0 aliphatic rings. The molecular weight excluding hydrogens is 172 g/mol. The summed E-state index contributed by atoms with van der Waals surface area (Å²) in [6, 6.07) is 1.82. The average molecular weight is 186 g/mol. The van der Waals surface area contributed by atoms with Crippen LogP contribution in [0.3, 0.4) is 0 Å². The van der Waals surface area contributed by atoms with Crippen LogP contribution in [0.1, 0.15) is 11.5 Å². The predicted molar refractivity (Wildman–Crippen MR) is 46.0 cm³/mol. The Balaban J connectivity index is 2.20. The van der Waals surface area contributed by atoms with E-state index in [-0.39, 0.29) is 6.61 Å². The fraction of sp³-hybridized carbons (Fsp3) is 0.625. The Morgan fingerprint density at radius 1 is 1.69 bits per heavy atom. The lowest BCUT2D eigenvalue weighted by Gasteiger charge is -2.06. The van der Waals surface area contributed by atoms with Crippen molar-refractivity contribution in [2.24, 2.45) is 0 Å². The van der Waals surface area contributed by atoms with E-state index in [0.29, 0.717) is 13.1 Å². The normalized spacial score (nSPS) is 13.2. The third-order valence-electron chi connectivity index (χ3n) is 1.57. The quantitative estimate of drug-likeness (QED) is 0.573. The number of aryl methyl sites for hydroxylation is 1. The zero-order valence-corrected chi connectivity index (χ0v) is 7.53. The second-order valence-corrected chi connectivity index (χ2v) is 2.90. The van der Waals surface area contributed by atoms with E-state index in [1.54, 1.807) is 0 Å². The number of nitrogens with one attached hydrogen (secondary N) is 1. The van der Waals surface area contributed by atoms with Crippen LogP contribution in [-0.4, -0.2) is 34.6 Å². The van der Waals surface area contributed by atoms with E-state index in [4.69, 9.17) is 14.7 Å². The standard InChI is InChI=1S/C8H14N2O3/c1-6-2-7(10-13-6)3-9-4-8(12)5-11/h2,8-9,11-12H,3-5H2,1H3. The molecule has 1 heterocycles. The van der Waals surface area contributed by atoms with Crippen molar-refractivity contribution in [2.45, 2.75) is 19.6 Å². The maximum Gasteiger partial charge on any atom is 0.133 e. The fourth-order valence-corrected chi connectivity index (χ4v) is 0.933. The van der Waals surface area contributed by atoms with Crippen molar-refractivity contribution in [2.75, 3.05) is 13.2 Å². The molecule has 0 radical (unpaired) electrons. The van der Waals surface area contributed by atoms with Gasteiger partial charge in [0.05, 0.1) is 18.4 Å². The summed E-state index contributed by atoms with van der Waals surface area (Å²) in [5.41, 5.74) is 0.794. The van der Waals surface area contributed by atoms with Gasteiger partial charge in [-0.05, 0) is 6.92 Å². The molecule has 0 aliphatic heterocycles. The van der Waals surface area contributed by atoms with Crippen LogP contribution in [0.25, 0.3) is 0 Å². The molecule has 1 aromatic rings. The van der Waals surface area contributed by atoms with Gasteiger partial charge in [-0.15, -0.1) is 0 Å². The lowest BCUT2D eigenvalue weighted by Crippen LogP contribution is -2.28. The molecule has 0 fully saturated rings. The van der Waals surface area contributed by atoms with Gasteiger partial charge in [0.1, 0.15) is 5.76 Å². The van der Waals surface area contributed by atoms with Crippen molar-refractivity contribution < 1.29 is 14.7 Å². The zero-order chi connectivity index (χ0) is 9.68. The van der Waals surface area contributed by atoms with Crippen molar-refractivity contribution >= 4 is 0 Å². The molecule has 1 aromatic heterocycles. The predicted octanol–water partition coefficient (Wildman–Crippen LogP) is -0.574. The molecule has 5 heteroatoms. The number of hydrogen-bond donors (Lipinski definition) is 3. The largest absolute Gasteiger partial charge is 0.394 e. The van der Waals surface area contributed by atoms with Gasteiger partial charge in [-0.2, -0.15) is 0 Å². The molecule has 1 unspecified atom stereocenters. The minimum absolute atomic E-state index is 0.231. The summed E-state index contributed by atoms with van der Waals surface area (Å²) >= 11 is 0. The lowest BCUT2D eigenvalue weighted by atomic mass is 10.3. The highest BCUT2D eigenvalue weighted by Crippen LogP contribution is 2.00. The number of aromatic nitrogens is 1. The number of hydrogen-bond acceptors (Lipinski definition) is 5. The van der Waals surface area contributed by atoms with Gasteiger partial charge in [0, 0.05) is 19.2 Å². The van der Waals surface area contributed by atoms with E-state index in [1.807, 2.05) is 13.0 Å². The Morgan fingerprint density at radius 2 is 2.46 bits per heavy atom. The van der Waals surface area contributed by atoms with E-state index in [0.717, 1.165) is 11.5 Å². The van der Waals surface area contributed by atoms with Gasteiger partial charge in [0.25, 0.3) is 0 Å². The van der Waals surface area contributed by atoms with Gasteiger partial charge in [-0.1, -0.05) is 5.16 Å². The molecule has 0 bridgehead atoms. The topological polar surface area (TPSA) is 78.5 Å². The zero-order valence-electron chi connectivity index (χ0n) is 7.53. The number of aliphatic hydroxyl groups excluding tert-OH is 2. The SMILES string of the molecule is Cc1cc(CNCC(O)CO)no1. The molecule has 0 amide bonds. The number of rotatable bonds is 5. The first-order chi connectivity index (χ1) is 6.22. The molecule has 0 saturated heterocycles. The molecule has 74 valence electrons. The maximum absolute atomic E-state index is 8.98. The number of nitrogens with zero attached hydrogens (tertiary/aromatic N) is 1. The third kappa shape index (κ3) is 3.54. The van der Waals surface area contributed by atoms with E-state index in [2.05, 4.69) is 10.5 Å². The van der Waals surface area contributed by atoms with Gasteiger partial charge < -0.3 is 20.1 Å². The molecule has 0 spiro atoms. The molecular formula is C8H14N2O3. The highest BCUT2D eigenvalue weighted by atomic mass is 16.5. The molecule has 1 atom stereocenters. The number of aliphatic hydroxyl groups is 2. The summed E-state index contributed by atoms with van der Waals surface area (Å²) in [6.45, 7) is 2.47. The Labute approximate surface area is 76.4 Å². The van der Waals surface area contributed by atoms with Crippen molar-refractivity contribution in [3.05, 3.63) is 17.5 Å². The van der Waals surface area contributed by atoms with E-state index < -0.39 is 6.10 Å². The van der Waals surface area contributed by atoms with Crippen molar-refractivity contribution in [3.63, 3.8) is 0 Å². The Hall–Kier alpha value is -0.910. The van der Waals surface area contributed by atoms with Crippen LogP contribution in [0.5, 0.6) is 0 Å². The van der Waals surface area contributed by atoms with Gasteiger partial charge in [-0.3, -0.25) is 0 Å². The fourth-order valence-electron chi connectivity index (χ4n) is 0.933. The minimum Gasteiger partial charge on any atom is -0.394 e. The molecule has 3 N–H and O–H groups in total. The summed E-state index contributed by atoms with van der Waals surface area (Å²) < 4.78 is 4.85. The monoisotopic (exact) mass is 186 g/mol. The summed E-state index contributed by atoms with van der Waals surface area (Å²) in [6.07, 6.45) is -0.715. The first-order valence-corrected chi connectivity index (χ1v) is 4.14. The van der Waals surface area contributed by atoms with Crippen LogP contribution in [0, 0.1) is 6.92 Å². The average Bonchev–Trinajstić information content (AvgIpc) is 2.51. The molecule has 1 rings (SSSR count). The van der Waals surface area contributed by atoms with Crippen LogP contribution >= 0.6 is 0 Å². The van der Waals surface area contributed by atoms with Crippen molar-refractivity contribution in [1.82, 2.24) is 10.5 Å². The van der Waals surface area contributed by atoms with Crippen LogP contribution < -0.4 is 5.32 Å². The molecule has 0 aromatic carbocycles. The Bertz CT molecular complexity index is 249. The molecule has 0 saturated carbocycles. The first-order valence-electron chi connectivity index (χ1n) is 4.14. The smallest absolute Gasteiger partial charge is 0.133 e. The lowest BCUT2D eigenvalue weighted by molar-refractivity contribution is 0.0941. The Kier molecular flexibility index (Phi) is 3.88. The molecule has 5 nitrogen and oxygen atoms in total. The summed E-state index contributed by atoms with van der Waals surface area (Å²) in [5, 5.41) is 24.2. The van der Waals surface area contributed by atoms with E-state index in [1.165, 1.54) is 0 Å². The second-order valence-electron chi connectivity index (χ2n) is 2.90. The van der Waals surface area contributed by atoms with Crippen LogP contribution in [0.15, 0.2) is 10.6 Å². The van der Waals surface area contributed by atoms with E-state index >= 15 is 0 Å². The van der Waals surface area contributed by atoms with E-state index in [9.17, 15) is 0 Å². The van der Waals surface area contributed by atoms with Gasteiger partial charge in [-0.25, -0.2) is 0 Å². The highest BCUT2D eigenvalue weighted by Gasteiger charge is 2.02. The third-order valence-corrected chi connectivity index (χ3v) is 1.57. The van der Waals surface area contributed by atoms with Crippen LogP contribution in [0.4, 0.5) is 0 Å². The van der Waals surface area contributed by atoms with Crippen LogP contribution in [0.2, 0.25) is 0 Å². The van der Waals surface area contributed by atoms with Gasteiger partial charge in [0.2, 0.25) is 0 Å². The summed E-state index contributed by atoms with van der Waals surface area (Å²) in [7, 11) is 0. The van der Waals surface area contributed by atoms with Crippen molar-refractivity contribution in [1.29, 1.82) is 0 Å². The van der Waals surface area contributed by atoms with Crippen LogP contribution in [-0.2, 0) is 6.54 Å². The van der Waals surface area contributed by atoms with Gasteiger partial charge >= 0.3 is 0 Å². The van der Waals surface area contributed by atoms with Gasteiger partial charge in [0.15, 0.2) is 0 Å². The van der Waals surface area contributed by atoms with Crippen molar-refractivity contribution in [3.8, 4) is 0 Å². The first kappa shape index (κ1) is 10.2. The molecule has 0 aliphatic carbocycles.